The molecule has 0 radical (unpaired) electrons. The SMILES string of the molecule is CC1CC(C)CN(S(=O)(=O)c2cccc(C(=O)CNCC(c3ccccc3Cl)N(C)C)c2)C1. The van der Waals surface area contributed by atoms with Gasteiger partial charge in [0.25, 0.3) is 0 Å². The summed E-state index contributed by atoms with van der Waals surface area (Å²) in [6.45, 7) is 5.82. The molecule has 1 N–H and O–H groups in total. The molecular weight excluding hydrogens is 458 g/mol. The number of ketones is 1. The molecule has 1 fully saturated rings. The molecular formula is C25H34ClN3O3S. The fourth-order valence-corrected chi connectivity index (χ4v) is 6.51. The van der Waals surface area contributed by atoms with Crippen molar-refractivity contribution in [3.8, 4) is 0 Å². The number of rotatable bonds is 9. The molecule has 0 spiro atoms. The van der Waals surface area contributed by atoms with E-state index in [0.717, 1.165) is 12.0 Å². The van der Waals surface area contributed by atoms with Gasteiger partial charge in [-0.25, -0.2) is 8.42 Å². The first kappa shape index (κ1) is 25.8. The van der Waals surface area contributed by atoms with Crippen LogP contribution in [-0.2, 0) is 10.0 Å². The van der Waals surface area contributed by atoms with Gasteiger partial charge in [-0.3, -0.25) is 4.79 Å². The molecule has 1 aliphatic rings. The lowest BCUT2D eigenvalue weighted by Crippen LogP contribution is -2.42. The zero-order valence-corrected chi connectivity index (χ0v) is 21.4. The maximum atomic E-state index is 13.2. The van der Waals surface area contributed by atoms with E-state index in [9.17, 15) is 13.2 Å². The molecule has 8 heteroatoms. The summed E-state index contributed by atoms with van der Waals surface area (Å²) in [5, 5.41) is 3.90. The van der Waals surface area contributed by atoms with E-state index in [-0.39, 0.29) is 23.3 Å². The maximum absolute atomic E-state index is 13.2. The standard InChI is InChI=1S/C25H34ClN3O3S/c1-18-12-19(2)17-29(16-18)33(31,32)21-9-7-8-20(13-21)25(30)15-27-14-24(28(3)4)22-10-5-6-11-23(22)26/h5-11,13,18-19,24,27H,12,14-17H2,1-4H3. The van der Waals surface area contributed by atoms with Crippen molar-refractivity contribution in [2.75, 3.05) is 40.3 Å². The van der Waals surface area contributed by atoms with Crippen LogP contribution in [0.3, 0.4) is 0 Å². The van der Waals surface area contributed by atoms with Gasteiger partial charge >= 0.3 is 0 Å². The van der Waals surface area contributed by atoms with Crippen molar-refractivity contribution >= 4 is 27.4 Å². The summed E-state index contributed by atoms with van der Waals surface area (Å²) in [5.74, 6) is 0.490. The third-order valence-electron chi connectivity index (χ3n) is 6.14. The number of hydrogen-bond donors (Lipinski definition) is 1. The van der Waals surface area contributed by atoms with Gasteiger partial charge in [-0.05, 0) is 56.1 Å². The average Bonchev–Trinajstić information content (AvgIpc) is 2.76. The van der Waals surface area contributed by atoms with Crippen LogP contribution >= 0.6 is 11.6 Å². The van der Waals surface area contributed by atoms with E-state index in [2.05, 4.69) is 19.2 Å². The Bertz CT molecular complexity index is 1060. The van der Waals surface area contributed by atoms with Gasteiger partial charge in [0.2, 0.25) is 10.0 Å². The van der Waals surface area contributed by atoms with Crippen molar-refractivity contribution in [2.45, 2.75) is 31.2 Å². The normalized spacial score (nSPS) is 20.7. The van der Waals surface area contributed by atoms with Crippen molar-refractivity contribution in [3.63, 3.8) is 0 Å². The van der Waals surface area contributed by atoms with Crippen LogP contribution in [-0.4, -0.2) is 63.7 Å². The monoisotopic (exact) mass is 491 g/mol. The van der Waals surface area contributed by atoms with Gasteiger partial charge in [0, 0.05) is 36.3 Å². The fourth-order valence-electron chi connectivity index (χ4n) is 4.52. The summed E-state index contributed by atoms with van der Waals surface area (Å²) in [4.78, 5) is 15.1. The molecule has 3 rings (SSSR count). The molecule has 180 valence electrons. The van der Waals surface area contributed by atoms with Gasteiger partial charge < -0.3 is 10.2 Å². The molecule has 0 amide bonds. The highest BCUT2D eigenvalue weighted by atomic mass is 35.5. The van der Waals surface area contributed by atoms with Gasteiger partial charge in [0.1, 0.15) is 0 Å². The van der Waals surface area contributed by atoms with E-state index in [1.807, 2.05) is 43.3 Å². The maximum Gasteiger partial charge on any atom is 0.243 e. The predicted octanol–water partition coefficient (Wildman–Crippen LogP) is 4.08. The van der Waals surface area contributed by atoms with Crippen LogP contribution < -0.4 is 5.32 Å². The number of carbonyl (C=O) groups excluding carboxylic acids is 1. The summed E-state index contributed by atoms with van der Waals surface area (Å²) < 4.78 is 28.0. The molecule has 0 saturated carbocycles. The highest BCUT2D eigenvalue weighted by Crippen LogP contribution is 2.27. The summed E-state index contributed by atoms with van der Waals surface area (Å²) in [5.41, 5.74) is 1.38. The Morgan fingerprint density at radius 3 is 2.42 bits per heavy atom. The second-order valence-corrected chi connectivity index (χ2v) is 11.7. The smallest absolute Gasteiger partial charge is 0.243 e. The van der Waals surface area contributed by atoms with Crippen LogP contribution in [0.5, 0.6) is 0 Å². The summed E-state index contributed by atoms with van der Waals surface area (Å²) in [7, 11) is 0.302. The molecule has 0 aromatic heterocycles. The molecule has 3 unspecified atom stereocenters. The van der Waals surface area contributed by atoms with E-state index < -0.39 is 10.0 Å². The van der Waals surface area contributed by atoms with E-state index in [1.165, 1.54) is 6.07 Å². The second kappa shape index (κ2) is 11.1. The lowest BCUT2D eigenvalue weighted by molar-refractivity contribution is 0.0988. The van der Waals surface area contributed by atoms with Crippen molar-refractivity contribution in [1.29, 1.82) is 0 Å². The Hall–Kier alpha value is -1.77. The van der Waals surface area contributed by atoms with Crippen molar-refractivity contribution < 1.29 is 13.2 Å². The number of benzene rings is 2. The molecule has 2 aromatic rings. The first-order chi connectivity index (χ1) is 15.6. The van der Waals surface area contributed by atoms with Crippen LogP contribution in [0.1, 0.15) is 42.2 Å². The van der Waals surface area contributed by atoms with Crippen molar-refractivity contribution in [2.24, 2.45) is 11.8 Å². The Morgan fingerprint density at radius 2 is 1.79 bits per heavy atom. The minimum absolute atomic E-state index is 0.00120. The molecule has 3 atom stereocenters. The predicted molar refractivity (Wildman–Crippen MR) is 133 cm³/mol. The Kier molecular flexibility index (Phi) is 8.70. The molecule has 0 bridgehead atoms. The van der Waals surface area contributed by atoms with E-state index in [1.54, 1.807) is 22.5 Å². The molecule has 0 aliphatic carbocycles. The van der Waals surface area contributed by atoms with Gasteiger partial charge in [0.05, 0.1) is 11.4 Å². The molecule has 33 heavy (non-hydrogen) atoms. The molecule has 6 nitrogen and oxygen atoms in total. The number of piperidine rings is 1. The number of sulfonamides is 1. The topological polar surface area (TPSA) is 69.7 Å². The first-order valence-electron chi connectivity index (χ1n) is 11.3. The molecule has 2 aromatic carbocycles. The summed E-state index contributed by atoms with van der Waals surface area (Å²) >= 11 is 6.36. The van der Waals surface area contributed by atoms with Crippen LogP contribution in [0.4, 0.5) is 0 Å². The van der Waals surface area contributed by atoms with E-state index in [0.29, 0.717) is 42.1 Å². The third-order valence-corrected chi connectivity index (χ3v) is 8.31. The number of carbonyl (C=O) groups is 1. The minimum atomic E-state index is -3.63. The van der Waals surface area contributed by atoms with Crippen LogP contribution in [0.25, 0.3) is 0 Å². The fraction of sp³-hybridized carbons (Fsp3) is 0.480. The number of Topliss-reactive ketones (excluding diaryl/α,β-unsaturated/α-hetero) is 1. The zero-order chi connectivity index (χ0) is 24.2. The van der Waals surface area contributed by atoms with Gasteiger partial charge in [-0.15, -0.1) is 0 Å². The zero-order valence-electron chi connectivity index (χ0n) is 19.8. The second-order valence-electron chi connectivity index (χ2n) is 9.35. The quantitative estimate of drug-likeness (QED) is 0.535. The highest BCUT2D eigenvalue weighted by molar-refractivity contribution is 7.89. The van der Waals surface area contributed by atoms with Crippen LogP contribution in [0, 0.1) is 11.8 Å². The minimum Gasteiger partial charge on any atom is -0.308 e. The van der Waals surface area contributed by atoms with Crippen LogP contribution in [0.2, 0.25) is 5.02 Å². The molecule has 1 aliphatic heterocycles. The van der Waals surface area contributed by atoms with Crippen molar-refractivity contribution in [1.82, 2.24) is 14.5 Å². The largest absolute Gasteiger partial charge is 0.308 e. The lowest BCUT2D eigenvalue weighted by atomic mass is 9.94. The Labute approximate surface area is 203 Å². The average molecular weight is 492 g/mol. The number of hydrogen-bond acceptors (Lipinski definition) is 5. The number of nitrogens with one attached hydrogen (secondary N) is 1. The third kappa shape index (κ3) is 6.43. The number of likely N-dealkylation sites (N-methyl/N-ethyl adjacent to an activating group) is 1. The van der Waals surface area contributed by atoms with Gasteiger partial charge in [-0.2, -0.15) is 4.31 Å². The van der Waals surface area contributed by atoms with E-state index in [4.69, 9.17) is 11.6 Å². The molecule has 1 heterocycles. The Morgan fingerprint density at radius 1 is 1.12 bits per heavy atom. The Balaban J connectivity index is 1.68. The summed E-state index contributed by atoms with van der Waals surface area (Å²) in [6.07, 6.45) is 1.03. The van der Waals surface area contributed by atoms with Gasteiger partial charge in [0.15, 0.2) is 5.78 Å². The lowest BCUT2D eigenvalue weighted by Gasteiger charge is -2.34. The van der Waals surface area contributed by atoms with Crippen molar-refractivity contribution in [3.05, 3.63) is 64.7 Å². The number of halogens is 1. The van der Waals surface area contributed by atoms with E-state index >= 15 is 0 Å². The number of nitrogens with zero attached hydrogens (tertiary/aromatic N) is 2. The summed E-state index contributed by atoms with van der Waals surface area (Å²) in [6, 6.07) is 14.1. The van der Waals surface area contributed by atoms with Gasteiger partial charge in [-0.1, -0.05) is 55.8 Å². The first-order valence-corrected chi connectivity index (χ1v) is 13.2. The highest BCUT2D eigenvalue weighted by Gasteiger charge is 2.32. The molecule has 1 saturated heterocycles. The van der Waals surface area contributed by atoms with Crippen LogP contribution in [0.15, 0.2) is 53.4 Å².